The standard InChI is InChI=1S/C18H21FN4O/c19-13-5-3-12(4-6-13)18(8-1-2-9-18)21-17(24)16-14-11-20-10-7-15(14)22-23-16/h3-6,20H,1-2,7-11H2,(H,21,24)(H,22,23). The Balaban J connectivity index is 1.62. The van der Waals surface area contributed by atoms with E-state index >= 15 is 0 Å². The van der Waals surface area contributed by atoms with E-state index in [1.54, 1.807) is 12.1 Å². The maximum absolute atomic E-state index is 13.3. The predicted molar refractivity (Wildman–Crippen MR) is 88.0 cm³/mol. The zero-order valence-corrected chi connectivity index (χ0v) is 13.5. The maximum atomic E-state index is 13.3. The molecule has 1 fully saturated rings. The van der Waals surface area contributed by atoms with Crippen LogP contribution in [0.15, 0.2) is 24.3 Å². The first-order valence-corrected chi connectivity index (χ1v) is 8.53. The summed E-state index contributed by atoms with van der Waals surface area (Å²) in [6.45, 7) is 1.56. The van der Waals surface area contributed by atoms with Crippen molar-refractivity contribution in [2.24, 2.45) is 0 Å². The Morgan fingerprint density at radius 3 is 2.71 bits per heavy atom. The van der Waals surface area contributed by atoms with Crippen LogP contribution in [0.4, 0.5) is 4.39 Å². The van der Waals surface area contributed by atoms with Crippen LogP contribution in [0.1, 0.15) is 53.0 Å². The molecule has 1 aromatic heterocycles. The van der Waals surface area contributed by atoms with Crippen LogP contribution in [0.25, 0.3) is 0 Å². The van der Waals surface area contributed by atoms with Crippen molar-refractivity contribution in [3.63, 3.8) is 0 Å². The minimum Gasteiger partial charge on any atom is -0.341 e. The Hall–Kier alpha value is -2.21. The molecule has 2 aromatic rings. The summed E-state index contributed by atoms with van der Waals surface area (Å²) in [7, 11) is 0. The average molecular weight is 328 g/mol. The summed E-state index contributed by atoms with van der Waals surface area (Å²) in [6.07, 6.45) is 4.71. The number of hydrogen-bond acceptors (Lipinski definition) is 3. The van der Waals surface area contributed by atoms with Gasteiger partial charge >= 0.3 is 0 Å². The van der Waals surface area contributed by atoms with E-state index in [4.69, 9.17) is 0 Å². The molecule has 2 aliphatic rings. The number of rotatable bonds is 3. The van der Waals surface area contributed by atoms with Gasteiger partial charge in [0.15, 0.2) is 5.69 Å². The number of carbonyl (C=O) groups excluding carboxylic acids is 1. The van der Waals surface area contributed by atoms with Gasteiger partial charge in [0.2, 0.25) is 0 Å². The van der Waals surface area contributed by atoms with Gasteiger partial charge in [-0.3, -0.25) is 9.89 Å². The largest absolute Gasteiger partial charge is 0.341 e. The van der Waals surface area contributed by atoms with E-state index in [1.165, 1.54) is 12.1 Å². The molecule has 0 atom stereocenters. The highest BCUT2D eigenvalue weighted by Crippen LogP contribution is 2.39. The van der Waals surface area contributed by atoms with E-state index in [-0.39, 0.29) is 11.7 Å². The Morgan fingerprint density at radius 2 is 1.96 bits per heavy atom. The summed E-state index contributed by atoms with van der Waals surface area (Å²) in [5.41, 5.74) is 3.04. The van der Waals surface area contributed by atoms with E-state index in [0.717, 1.165) is 55.5 Å². The highest BCUT2D eigenvalue weighted by atomic mass is 19.1. The van der Waals surface area contributed by atoms with E-state index in [9.17, 15) is 9.18 Å². The van der Waals surface area contributed by atoms with Gasteiger partial charge in [0.1, 0.15) is 5.82 Å². The number of aromatic amines is 1. The van der Waals surface area contributed by atoms with E-state index in [1.807, 2.05) is 0 Å². The number of nitrogens with zero attached hydrogens (tertiary/aromatic N) is 1. The van der Waals surface area contributed by atoms with Crippen molar-refractivity contribution in [1.82, 2.24) is 20.8 Å². The molecule has 1 aliphatic heterocycles. The van der Waals surface area contributed by atoms with Gasteiger partial charge in [-0.1, -0.05) is 25.0 Å². The second-order valence-electron chi connectivity index (χ2n) is 6.71. The third kappa shape index (κ3) is 2.60. The Bertz CT molecular complexity index is 747. The van der Waals surface area contributed by atoms with Crippen LogP contribution in [0.5, 0.6) is 0 Å². The molecule has 3 N–H and O–H groups in total. The molecule has 1 aliphatic carbocycles. The lowest BCUT2D eigenvalue weighted by atomic mass is 9.87. The molecule has 0 spiro atoms. The van der Waals surface area contributed by atoms with Crippen LogP contribution in [0.2, 0.25) is 0 Å². The van der Waals surface area contributed by atoms with Crippen LogP contribution in [0.3, 0.4) is 0 Å². The first kappa shape index (κ1) is 15.3. The lowest BCUT2D eigenvalue weighted by Crippen LogP contribution is -2.44. The van der Waals surface area contributed by atoms with Crippen LogP contribution < -0.4 is 10.6 Å². The van der Waals surface area contributed by atoms with Crippen LogP contribution >= 0.6 is 0 Å². The van der Waals surface area contributed by atoms with Gasteiger partial charge in [-0.25, -0.2) is 4.39 Å². The molecule has 0 radical (unpaired) electrons. The molecule has 4 rings (SSSR count). The molecule has 0 bridgehead atoms. The van der Waals surface area contributed by atoms with E-state index in [0.29, 0.717) is 12.2 Å². The van der Waals surface area contributed by atoms with Gasteiger partial charge in [0.25, 0.3) is 5.91 Å². The molecule has 1 aromatic carbocycles. The maximum Gasteiger partial charge on any atom is 0.272 e. The summed E-state index contributed by atoms with van der Waals surface area (Å²) in [5, 5.41) is 13.7. The minimum atomic E-state index is -0.418. The van der Waals surface area contributed by atoms with Crippen molar-refractivity contribution in [2.75, 3.05) is 6.54 Å². The van der Waals surface area contributed by atoms with E-state index < -0.39 is 5.54 Å². The van der Waals surface area contributed by atoms with Crippen molar-refractivity contribution in [3.05, 3.63) is 52.6 Å². The molecule has 0 saturated heterocycles. The molecule has 126 valence electrons. The second-order valence-corrected chi connectivity index (χ2v) is 6.71. The molecule has 0 unspecified atom stereocenters. The monoisotopic (exact) mass is 328 g/mol. The highest BCUT2D eigenvalue weighted by Gasteiger charge is 2.38. The Labute approximate surface area is 140 Å². The first-order valence-electron chi connectivity index (χ1n) is 8.53. The molecule has 1 saturated carbocycles. The van der Waals surface area contributed by atoms with Crippen molar-refractivity contribution in [3.8, 4) is 0 Å². The topological polar surface area (TPSA) is 69.8 Å². The van der Waals surface area contributed by atoms with E-state index in [2.05, 4.69) is 20.8 Å². The zero-order chi connectivity index (χ0) is 16.6. The molecule has 1 amide bonds. The minimum absolute atomic E-state index is 0.151. The summed E-state index contributed by atoms with van der Waals surface area (Å²) < 4.78 is 13.3. The Kier molecular flexibility index (Phi) is 3.84. The van der Waals surface area contributed by atoms with Gasteiger partial charge in [-0.05, 0) is 30.5 Å². The van der Waals surface area contributed by atoms with Gasteiger partial charge in [-0.2, -0.15) is 5.10 Å². The van der Waals surface area contributed by atoms with Crippen molar-refractivity contribution in [1.29, 1.82) is 0 Å². The van der Waals surface area contributed by atoms with Gasteiger partial charge < -0.3 is 10.6 Å². The molecule has 24 heavy (non-hydrogen) atoms. The fraction of sp³-hybridized carbons (Fsp3) is 0.444. The number of H-pyrrole nitrogens is 1. The van der Waals surface area contributed by atoms with Gasteiger partial charge in [0, 0.05) is 30.8 Å². The fourth-order valence-corrected chi connectivity index (χ4v) is 3.92. The quantitative estimate of drug-likeness (QED) is 0.810. The third-order valence-corrected chi connectivity index (χ3v) is 5.23. The summed E-state index contributed by atoms with van der Waals surface area (Å²) in [6, 6.07) is 6.48. The van der Waals surface area contributed by atoms with Gasteiger partial charge in [0.05, 0.1) is 5.54 Å². The van der Waals surface area contributed by atoms with Crippen LogP contribution in [0, 0.1) is 5.82 Å². The fourth-order valence-electron chi connectivity index (χ4n) is 3.92. The van der Waals surface area contributed by atoms with Crippen LogP contribution in [-0.4, -0.2) is 22.6 Å². The zero-order valence-electron chi connectivity index (χ0n) is 13.5. The number of carbonyl (C=O) groups is 1. The number of hydrogen-bond donors (Lipinski definition) is 3. The first-order chi connectivity index (χ1) is 11.7. The number of amides is 1. The van der Waals surface area contributed by atoms with Crippen molar-refractivity contribution >= 4 is 5.91 Å². The van der Waals surface area contributed by atoms with Gasteiger partial charge in [-0.15, -0.1) is 0 Å². The molecular formula is C18H21FN4O. The third-order valence-electron chi connectivity index (χ3n) is 5.23. The second kappa shape index (κ2) is 6.02. The van der Waals surface area contributed by atoms with Crippen LogP contribution in [-0.2, 0) is 18.5 Å². The molecular weight excluding hydrogens is 307 g/mol. The van der Waals surface area contributed by atoms with Crippen molar-refractivity contribution < 1.29 is 9.18 Å². The summed E-state index contributed by atoms with van der Waals surface area (Å²) >= 11 is 0. The van der Waals surface area contributed by atoms with Crippen molar-refractivity contribution in [2.45, 2.75) is 44.2 Å². The number of aromatic nitrogens is 2. The average Bonchev–Trinajstić information content (AvgIpc) is 3.23. The molecule has 2 heterocycles. The highest BCUT2D eigenvalue weighted by molar-refractivity contribution is 5.94. The Morgan fingerprint density at radius 1 is 1.21 bits per heavy atom. The number of benzene rings is 1. The smallest absolute Gasteiger partial charge is 0.272 e. The predicted octanol–water partition coefficient (Wildman–Crippen LogP) is 2.39. The SMILES string of the molecule is O=C(NC1(c2ccc(F)cc2)CCCC1)c1n[nH]c2c1CNCC2. The molecule has 6 heteroatoms. The molecule has 5 nitrogen and oxygen atoms in total. The number of nitrogens with one attached hydrogen (secondary N) is 3. The lowest BCUT2D eigenvalue weighted by Gasteiger charge is -2.31. The number of halogens is 1. The summed E-state index contributed by atoms with van der Waals surface area (Å²) in [5.74, 6) is -0.409. The number of fused-ring (bicyclic) bond motifs is 1. The summed E-state index contributed by atoms with van der Waals surface area (Å²) in [4.78, 5) is 12.9. The lowest BCUT2D eigenvalue weighted by molar-refractivity contribution is 0.0891. The normalized spacial score (nSPS) is 19.0.